The Hall–Kier alpha value is -2.53. The number of halogens is 1. The highest BCUT2D eigenvalue weighted by Gasteiger charge is 2.39. The molecule has 1 atom stereocenters. The average molecular weight is 374 g/mol. The van der Waals surface area contributed by atoms with Crippen LogP contribution in [0.5, 0.6) is 5.75 Å². The molecular formula is C20H20ClNO4. The number of aliphatic carboxylic acids is 1. The molecule has 0 radical (unpaired) electrons. The lowest BCUT2D eigenvalue weighted by atomic mass is 9.89. The van der Waals surface area contributed by atoms with Crippen LogP contribution in [0, 0.1) is 0 Å². The van der Waals surface area contributed by atoms with Gasteiger partial charge in [0.2, 0.25) is 0 Å². The number of carboxylic acid groups (broad SMARTS) is 1. The van der Waals surface area contributed by atoms with E-state index in [9.17, 15) is 14.7 Å². The third kappa shape index (κ3) is 3.68. The lowest BCUT2D eigenvalue weighted by Crippen LogP contribution is -2.51. The zero-order valence-electron chi connectivity index (χ0n) is 14.6. The first-order valence-corrected chi connectivity index (χ1v) is 8.70. The first kappa shape index (κ1) is 18.3. The Bertz CT molecular complexity index is 849. The second-order valence-electron chi connectivity index (χ2n) is 6.85. The van der Waals surface area contributed by atoms with Crippen molar-refractivity contribution in [3.05, 3.63) is 64.7 Å². The van der Waals surface area contributed by atoms with Crippen molar-refractivity contribution in [3.8, 4) is 5.75 Å². The highest BCUT2D eigenvalue weighted by Crippen LogP contribution is 2.31. The fraction of sp³-hybridized carbons (Fsp3) is 0.300. The molecule has 26 heavy (non-hydrogen) atoms. The summed E-state index contributed by atoms with van der Waals surface area (Å²) in [6.07, 6.45) is 0. The number of fused-ring (bicyclic) bond motifs is 1. The van der Waals surface area contributed by atoms with Crippen LogP contribution >= 0.6 is 11.6 Å². The van der Waals surface area contributed by atoms with Crippen LogP contribution in [0.2, 0.25) is 5.02 Å². The maximum absolute atomic E-state index is 13.1. The van der Waals surface area contributed by atoms with Crippen molar-refractivity contribution in [1.82, 2.24) is 4.90 Å². The van der Waals surface area contributed by atoms with Gasteiger partial charge in [0.15, 0.2) is 5.60 Å². The van der Waals surface area contributed by atoms with Gasteiger partial charge in [0.25, 0.3) is 5.91 Å². The van der Waals surface area contributed by atoms with Crippen LogP contribution in [-0.2, 0) is 16.1 Å². The second kappa shape index (κ2) is 7.00. The molecule has 2 aromatic carbocycles. The van der Waals surface area contributed by atoms with Crippen LogP contribution in [0.1, 0.15) is 30.9 Å². The van der Waals surface area contributed by atoms with Gasteiger partial charge in [-0.15, -0.1) is 0 Å². The number of carboxylic acids is 1. The number of nitrogens with zero attached hydrogens (tertiary/aromatic N) is 1. The van der Waals surface area contributed by atoms with Gasteiger partial charge in [0.05, 0.1) is 5.92 Å². The van der Waals surface area contributed by atoms with Gasteiger partial charge in [0.1, 0.15) is 5.75 Å². The number of rotatable bonds is 4. The van der Waals surface area contributed by atoms with Crippen molar-refractivity contribution in [1.29, 1.82) is 0 Å². The van der Waals surface area contributed by atoms with Gasteiger partial charge < -0.3 is 14.7 Å². The van der Waals surface area contributed by atoms with Gasteiger partial charge in [0, 0.05) is 18.1 Å². The Morgan fingerprint density at radius 3 is 2.62 bits per heavy atom. The van der Waals surface area contributed by atoms with Gasteiger partial charge in [-0.1, -0.05) is 41.9 Å². The number of ether oxygens (including phenoxy) is 1. The van der Waals surface area contributed by atoms with E-state index < -0.39 is 17.5 Å². The minimum atomic E-state index is -1.15. The first-order valence-electron chi connectivity index (χ1n) is 8.32. The van der Waals surface area contributed by atoms with Crippen molar-refractivity contribution in [2.24, 2.45) is 0 Å². The molecule has 1 aliphatic rings. The summed E-state index contributed by atoms with van der Waals surface area (Å²) >= 11 is 5.97. The molecule has 1 unspecified atom stereocenters. The van der Waals surface area contributed by atoms with E-state index in [0.717, 1.165) is 11.1 Å². The lowest BCUT2D eigenvalue weighted by Gasteiger charge is -2.37. The Labute approximate surface area is 157 Å². The molecule has 0 bridgehead atoms. The third-order valence-corrected chi connectivity index (χ3v) is 4.70. The van der Waals surface area contributed by atoms with Gasteiger partial charge in [-0.3, -0.25) is 9.59 Å². The van der Waals surface area contributed by atoms with Gasteiger partial charge in [-0.05, 0) is 43.2 Å². The minimum absolute atomic E-state index is 0.119. The normalized spacial score (nSPS) is 16.7. The molecule has 3 rings (SSSR count). The topological polar surface area (TPSA) is 66.8 Å². The molecule has 1 N–H and O–H groups in total. The summed E-state index contributed by atoms with van der Waals surface area (Å²) in [5, 5.41) is 10.1. The van der Waals surface area contributed by atoms with Crippen LogP contribution in [0.15, 0.2) is 48.5 Å². The molecular weight excluding hydrogens is 354 g/mol. The number of hydrogen-bond acceptors (Lipinski definition) is 3. The van der Waals surface area contributed by atoms with Crippen molar-refractivity contribution in [2.75, 3.05) is 6.54 Å². The fourth-order valence-electron chi connectivity index (χ4n) is 3.22. The molecule has 0 spiro atoms. The summed E-state index contributed by atoms with van der Waals surface area (Å²) in [5.74, 6) is -1.46. The third-order valence-electron chi connectivity index (χ3n) is 4.46. The Balaban J connectivity index is 1.84. The highest BCUT2D eigenvalue weighted by molar-refractivity contribution is 6.30. The number of benzene rings is 2. The molecule has 0 aliphatic carbocycles. The van der Waals surface area contributed by atoms with Crippen LogP contribution in [0.25, 0.3) is 0 Å². The first-order chi connectivity index (χ1) is 12.3. The van der Waals surface area contributed by atoms with Gasteiger partial charge in [-0.2, -0.15) is 0 Å². The predicted octanol–water partition coefficient (Wildman–Crippen LogP) is 3.71. The zero-order valence-corrected chi connectivity index (χ0v) is 15.4. The smallest absolute Gasteiger partial charge is 0.312 e. The Morgan fingerprint density at radius 2 is 1.92 bits per heavy atom. The molecule has 2 aromatic rings. The summed E-state index contributed by atoms with van der Waals surface area (Å²) in [7, 11) is 0. The number of carbonyl (C=O) groups excluding carboxylic acids is 1. The molecule has 0 aromatic heterocycles. The molecule has 6 heteroatoms. The maximum atomic E-state index is 13.1. The van der Waals surface area contributed by atoms with E-state index in [-0.39, 0.29) is 12.5 Å². The van der Waals surface area contributed by atoms with Gasteiger partial charge in [-0.25, -0.2) is 0 Å². The van der Waals surface area contributed by atoms with Crippen LogP contribution in [0.3, 0.4) is 0 Å². The average Bonchev–Trinajstić information content (AvgIpc) is 2.59. The second-order valence-corrected chi connectivity index (χ2v) is 7.28. The molecule has 1 amide bonds. The summed E-state index contributed by atoms with van der Waals surface area (Å²) in [6.45, 7) is 3.83. The Kier molecular flexibility index (Phi) is 4.92. The van der Waals surface area contributed by atoms with E-state index in [2.05, 4.69) is 0 Å². The van der Waals surface area contributed by atoms with E-state index in [1.54, 1.807) is 43.0 Å². The van der Waals surface area contributed by atoms with E-state index in [0.29, 0.717) is 17.3 Å². The highest BCUT2D eigenvalue weighted by atomic mass is 35.5. The predicted molar refractivity (Wildman–Crippen MR) is 98.4 cm³/mol. The van der Waals surface area contributed by atoms with Crippen molar-refractivity contribution >= 4 is 23.5 Å². The monoisotopic (exact) mass is 373 g/mol. The standard InChI is InChI=1S/C20H20ClNO4/c1-20(2,26-15-8-5-7-14(21)10-15)19(25)22-11-13-6-3-4-9-16(13)17(12-22)18(23)24/h3-10,17H,11-12H2,1-2H3,(H,23,24). The van der Waals surface area contributed by atoms with E-state index >= 15 is 0 Å². The summed E-state index contributed by atoms with van der Waals surface area (Å²) in [5.41, 5.74) is 0.454. The SMILES string of the molecule is CC(C)(Oc1cccc(Cl)c1)C(=O)N1Cc2ccccc2C(C(=O)O)C1. The quantitative estimate of drug-likeness (QED) is 0.887. The summed E-state index contributed by atoms with van der Waals surface area (Å²) < 4.78 is 5.86. The van der Waals surface area contributed by atoms with E-state index in [1.807, 2.05) is 24.3 Å². The number of carbonyl (C=O) groups is 2. The van der Waals surface area contributed by atoms with Crippen LogP contribution < -0.4 is 4.74 Å². The van der Waals surface area contributed by atoms with Gasteiger partial charge >= 0.3 is 5.97 Å². The molecule has 0 fully saturated rings. The number of amides is 1. The molecule has 1 heterocycles. The van der Waals surface area contributed by atoms with Crippen molar-refractivity contribution in [3.63, 3.8) is 0 Å². The van der Waals surface area contributed by atoms with Crippen LogP contribution in [0.4, 0.5) is 0 Å². The van der Waals surface area contributed by atoms with Crippen LogP contribution in [-0.4, -0.2) is 34.0 Å². The summed E-state index contributed by atoms with van der Waals surface area (Å²) in [6, 6.07) is 14.2. The molecule has 0 saturated carbocycles. The Morgan fingerprint density at radius 1 is 1.19 bits per heavy atom. The lowest BCUT2D eigenvalue weighted by molar-refractivity contribution is -0.149. The summed E-state index contributed by atoms with van der Waals surface area (Å²) in [4.78, 5) is 26.3. The molecule has 1 aliphatic heterocycles. The molecule has 5 nitrogen and oxygen atoms in total. The van der Waals surface area contributed by atoms with E-state index in [1.165, 1.54) is 0 Å². The zero-order chi connectivity index (χ0) is 18.9. The molecule has 136 valence electrons. The number of hydrogen-bond donors (Lipinski definition) is 1. The van der Waals surface area contributed by atoms with Crippen molar-refractivity contribution in [2.45, 2.75) is 31.9 Å². The minimum Gasteiger partial charge on any atom is -0.481 e. The molecule has 0 saturated heterocycles. The largest absolute Gasteiger partial charge is 0.481 e. The fourth-order valence-corrected chi connectivity index (χ4v) is 3.40. The van der Waals surface area contributed by atoms with Crippen molar-refractivity contribution < 1.29 is 19.4 Å². The van der Waals surface area contributed by atoms with E-state index in [4.69, 9.17) is 16.3 Å². The maximum Gasteiger partial charge on any atom is 0.312 e.